The lowest BCUT2D eigenvalue weighted by atomic mass is 9.44. The van der Waals surface area contributed by atoms with Crippen LogP contribution in [0.4, 0.5) is 14.0 Å². The molecule has 0 aromatic heterocycles. The Morgan fingerprint density at radius 2 is 1.55 bits per heavy atom. The molecule has 21 nitrogen and oxygen atoms in total. The molecule has 0 aromatic carbocycles. The number of aliphatic hydroxyl groups is 2. The molecule has 5 amide bonds. The Hall–Kier alpha value is -4.42. The average Bonchev–Trinajstić information content (AvgIpc) is 3.52. The molecule has 22 heteroatoms. The molecule has 9 N–H and O–H groups in total. The zero-order valence-corrected chi connectivity index (χ0v) is 42.3. The molecule has 4 rings (SSSR count). The van der Waals surface area contributed by atoms with Crippen molar-refractivity contribution < 1.29 is 76.7 Å². The fraction of sp³-hybridized carbons (Fsp3) is 0.776. The number of allylic oxidation sites excluding steroid dienone is 4. The minimum Gasteiger partial charge on any atom is -0.441 e. The van der Waals surface area contributed by atoms with Gasteiger partial charge in [-0.2, -0.15) is 0 Å². The molecule has 71 heavy (non-hydrogen) atoms. The number of nitrogens with one attached hydrogen (secondary N) is 3. The first-order chi connectivity index (χ1) is 33.6. The Morgan fingerprint density at radius 3 is 2.15 bits per heavy atom. The van der Waals surface area contributed by atoms with E-state index in [-0.39, 0.29) is 82.6 Å². The molecule has 0 aromatic rings. The van der Waals surface area contributed by atoms with Crippen LogP contribution in [0.15, 0.2) is 23.8 Å². The summed E-state index contributed by atoms with van der Waals surface area (Å²) in [4.78, 5) is 96.3. The number of hydrogen-bond acceptors (Lipinski definition) is 16. The highest BCUT2D eigenvalue weighted by atomic mass is 19.1. The average molecular weight is 1010 g/mol. The number of ether oxygens (including phenoxy) is 5. The summed E-state index contributed by atoms with van der Waals surface area (Å²) in [5.74, 6) is -0.457. The Bertz CT molecular complexity index is 1920. The van der Waals surface area contributed by atoms with Crippen LogP contribution >= 0.6 is 0 Å². The number of urea groups is 1. The molecule has 4 aliphatic carbocycles. The van der Waals surface area contributed by atoms with Crippen molar-refractivity contribution in [3.8, 4) is 0 Å². The second kappa shape index (κ2) is 27.0. The zero-order valence-electron chi connectivity index (χ0n) is 42.3. The Morgan fingerprint density at radius 1 is 0.930 bits per heavy atom. The summed E-state index contributed by atoms with van der Waals surface area (Å²) in [5.41, 5.74) is -0.875. The first-order valence-electron chi connectivity index (χ1n) is 24.8. The van der Waals surface area contributed by atoms with Crippen molar-refractivity contribution >= 4 is 41.3 Å². The fourth-order valence-electron chi connectivity index (χ4n) is 11.2. The molecular weight excluding hydrogens is 932 g/mol. The number of carbonyl (C=O) groups excluding carboxylic acids is 7. The van der Waals surface area contributed by atoms with Gasteiger partial charge >= 0.3 is 12.1 Å². The van der Waals surface area contributed by atoms with Gasteiger partial charge in [-0.15, -0.1) is 0 Å². The van der Waals surface area contributed by atoms with Gasteiger partial charge < -0.3 is 65.3 Å². The van der Waals surface area contributed by atoms with Crippen LogP contribution in [0.25, 0.3) is 0 Å². The number of ketones is 3. The van der Waals surface area contributed by atoms with E-state index in [1.54, 1.807) is 40.7 Å². The number of amides is 5. The number of fused-ring (bicyclic) bond motifs is 5. The van der Waals surface area contributed by atoms with Gasteiger partial charge in [-0.05, 0) is 75.4 Å². The van der Waals surface area contributed by atoms with Gasteiger partial charge in [0.05, 0.1) is 71.6 Å². The second-order valence-electron chi connectivity index (χ2n) is 20.0. The first kappa shape index (κ1) is 59.1. The van der Waals surface area contributed by atoms with Crippen molar-refractivity contribution in [3.63, 3.8) is 0 Å². The first-order valence-corrected chi connectivity index (χ1v) is 24.8. The number of primary amides is 1. The molecule has 10 atom stereocenters. The van der Waals surface area contributed by atoms with Crippen LogP contribution < -0.4 is 27.6 Å². The number of nitrogens with zero attached hydrogens (tertiary/aromatic N) is 1. The molecule has 0 spiro atoms. The van der Waals surface area contributed by atoms with Crippen molar-refractivity contribution in [3.05, 3.63) is 23.8 Å². The van der Waals surface area contributed by atoms with Gasteiger partial charge in [-0.1, -0.05) is 39.3 Å². The maximum absolute atomic E-state index is 17.6. The number of alkyl halides is 1. The standard InChI is InChI=1S/C49H79FN6O15/c1-31(2)42(55-41(61)12-17-66-18-19-67-20-21-68-22-23-69-24-25-71-52)38(58)27-33(8-7-14-54-44(51)63)43(62)53-15-16-56(6)45(64)70-30-40(60)49(65)32(3)26-37-36-10-9-34-28-35(57)11-13-46(34,4)48(36,50)39(59)29-47(37,49)5/h11,13,28,31-33,36-37,39,42,59,65H,7-10,12,14-27,29-30,52H2,1-6H3,(H,53,62)(H,55,61)(H3,51,54,63)/t32-,33-,36+,37+,39+,42+,46+,47+,48+,49+/m1/s1. The highest BCUT2D eigenvalue weighted by Crippen LogP contribution is 2.70. The Labute approximate surface area is 415 Å². The Balaban J connectivity index is 1.24. The van der Waals surface area contributed by atoms with Crippen molar-refractivity contribution in [1.29, 1.82) is 0 Å². The summed E-state index contributed by atoms with van der Waals surface area (Å²) in [5, 5.41) is 31.9. The van der Waals surface area contributed by atoms with Crippen LogP contribution in [-0.4, -0.2) is 173 Å². The normalized spacial score (nSPS) is 28.4. The number of halogens is 1. The maximum Gasteiger partial charge on any atom is 0.409 e. The fourth-order valence-corrected chi connectivity index (χ4v) is 11.2. The van der Waals surface area contributed by atoms with E-state index >= 15 is 4.39 Å². The minimum atomic E-state index is -2.15. The predicted molar refractivity (Wildman–Crippen MR) is 255 cm³/mol. The van der Waals surface area contributed by atoms with Crippen LogP contribution in [0, 0.1) is 40.4 Å². The number of rotatable bonds is 31. The predicted octanol–water partition coefficient (Wildman–Crippen LogP) is 1.60. The van der Waals surface area contributed by atoms with E-state index in [0.29, 0.717) is 70.9 Å². The largest absolute Gasteiger partial charge is 0.441 e. The van der Waals surface area contributed by atoms with E-state index in [9.17, 15) is 43.8 Å². The SMILES string of the molecule is CC(C)[C@H](NC(=O)CCOCCOCCOCCOCCON)C(=O)C[C@@H](CCCNC(N)=O)C(=O)NCCN(C)C(=O)OCC(=O)[C@@]1(O)[C@H](C)C[C@H]2[C@@H]3CCC4=CC(=O)C=C[C@]4(C)[C@@]3(F)[C@@H](O)C[C@@]21C. The lowest BCUT2D eigenvalue weighted by molar-refractivity contribution is -0.219. The highest BCUT2D eigenvalue weighted by molar-refractivity contribution is 6.01. The third-order valence-electron chi connectivity index (χ3n) is 15.1. The van der Waals surface area contributed by atoms with Gasteiger partial charge in [-0.3, -0.25) is 24.0 Å². The van der Waals surface area contributed by atoms with E-state index in [1.165, 1.54) is 19.2 Å². The molecule has 0 heterocycles. The van der Waals surface area contributed by atoms with Crippen LogP contribution in [0.1, 0.15) is 86.0 Å². The molecule has 0 radical (unpaired) electrons. The number of likely N-dealkylation sites (N-methyl/N-ethyl adjacent to an activating group) is 1. The zero-order chi connectivity index (χ0) is 52.6. The smallest absolute Gasteiger partial charge is 0.409 e. The van der Waals surface area contributed by atoms with Crippen LogP contribution in [-0.2, 0) is 52.5 Å². The number of aliphatic hydroxyl groups excluding tert-OH is 1. The van der Waals surface area contributed by atoms with Gasteiger partial charge in [0.25, 0.3) is 0 Å². The number of hydrogen-bond donors (Lipinski definition) is 7. The van der Waals surface area contributed by atoms with Crippen molar-refractivity contribution in [2.75, 3.05) is 92.8 Å². The van der Waals surface area contributed by atoms with Crippen molar-refractivity contribution in [2.45, 2.75) is 109 Å². The number of carbonyl (C=O) groups is 7. The van der Waals surface area contributed by atoms with E-state index in [1.807, 2.05) is 0 Å². The van der Waals surface area contributed by atoms with Gasteiger partial charge in [0, 0.05) is 62.2 Å². The second-order valence-corrected chi connectivity index (χ2v) is 20.0. The molecule has 0 aliphatic heterocycles. The van der Waals surface area contributed by atoms with Crippen molar-refractivity contribution in [1.82, 2.24) is 20.9 Å². The topological polar surface area (TPSA) is 307 Å². The van der Waals surface area contributed by atoms with Crippen LogP contribution in [0.5, 0.6) is 0 Å². The molecule has 3 fully saturated rings. The van der Waals surface area contributed by atoms with E-state index < -0.39 is 94.2 Å². The molecule has 0 saturated heterocycles. The number of nitrogens with two attached hydrogens (primary N) is 2. The number of Topliss-reactive ketones (excluding diaryl/α,β-unsaturated/α-hetero) is 2. The van der Waals surface area contributed by atoms with Gasteiger partial charge in [-0.25, -0.2) is 19.9 Å². The summed E-state index contributed by atoms with van der Waals surface area (Å²) < 4.78 is 44.5. The summed E-state index contributed by atoms with van der Waals surface area (Å²) >= 11 is 0. The van der Waals surface area contributed by atoms with Crippen LogP contribution in [0.3, 0.4) is 0 Å². The van der Waals surface area contributed by atoms with E-state index in [4.69, 9.17) is 35.3 Å². The molecule has 4 aliphatic rings. The van der Waals surface area contributed by atoms with Gasteiger partial charge in [0.2, 0.25) is 17.6 Å². The van der Waals surface area contributed by atoms with E-state index in [2.05, 4.69) is 20.8 Å². The molecule has 0 unspecified atom stereocenters. The lowest BCUT2D eigenvalue weighted by Crippen LogP contribution is -2.69. The highest BCUT2D eigenvalue weighted by Gasteiger charge is 2.75. The molecule has 3 saturated carbocycles. The third-order valence-corrected chi connectivity index (χ3v) is 15.1. The maximum atomic E-state index is 17.6. The summed E-state index contributed by atoms with van der Waals surface area (Å²) in [7, 11) is 1.39. The van der Waals surface area contributed by atoms with Crippen LogP contribution in [0.2, 0.25) is 0 Å². The quantitative estimate of drug-likeness (QED) is 0.0383. The minimum absolute atomic E-state index is 0.0187. The molecule has 402 valence electrons. The molecular formula is C49H79FN6O15. The lowest BCUT2D eigenvalue weighted by Gasteiger charge is -2.62. The Kier molecular flexibility index (Phi) is 22.5. The molecule has 0 bridgehead atoms. The van der Waals surface area contributed by atoms with Crippen molar-refractivity contribution in [2.24, 2.45) is 52.1 Å². The van der Waals surface area contributed by atoms with Gasteiger partial charge in [0.15, 0.2) is 23.8 Å². The van der Waals surface area contributed by atoms with Gasteiger partial charge in [0.1, 0.15) is 5.60 Å². The van der Waals surface area contributed by atoms with E-state index in [0.717, 1.165) is 4.90 Å². The summed E-state index contributed by atoms with van der Waals surface area (Å²) in [6, 6.07) is -1.65. The third kappa shape index (κ3) is 14.4. The summed E-state index contributed by atoms with van der Waals surface area (Å²) in [6.07, 6.45) is 2.88. The summed E-state index contributed by atoms with van der Waals surface area (Å²) in [6.45, 7) is 10.6. The monoisotopic (exact) mass is 1010 g/mol.